The molecule has 0 aliphatic rings. The molecule has 3 heteroatoms. The minimum Gasteiger partial charge on any atom is -0.441 e. The molecule has 3 nitrogen and oxygen atoms in total. The second kappa shape index (κ2) is 2.49. The van der Waals surface area contributed by atoms with Crippen molar-refractivity contribution in [1.82, 2.24) is 4.98 Å². The first-order chi connectivity index (χ1) is 6.09. The monoisotopic (exact) mass is 176 g/mol. The van der Waals surface area contributed by atoms with Crippen LogP contribution in [0.25, 0.3) is 11.1 Å². The van der Waals surface area contributed by atoms with Crippen LogP contribution in [0.1, 0.15) is 17.0 Å². The van der Waals surface area contributed by atoms with Gasteiger partial charge in [0.1, 0.15) is 5.52 Å². The molecule has 13 heavy (non-hydrogen) atoms. The van der Waals surface area contributed by atoms with E-state index in [0.29, 0.717) is 5.89 Å². The molecule has 0 saturated heterocycles. The van der Waals surface area contributed by atoms with Gasteiger partial charge in [0.05, 0.1) is 0 Å². The topological polar surface area (TPSA) is 52.0 Å². The Hall–Kier alpha value is -1.51. The Labute approximate surface area is 76.6 Å². The first-order valence-electron chi connectivity index (χ1n) is 4.22. The molecule has 1 heterocycles. The molecule has 1 aromatic carbocycles. The Morgan fingerprint density at radius 3 is 2.62 bits per heavy atom. The first kappa shape index (κ1) is 8.10. The Kier molecular flexibility index (Phi) is 1.55. The number of nitrogens with zero attached hydrogens (tertiary/aromatic N) is 1. The predicted molar refractivity (Wildman–Crippen MR) is 52.6 cm³/mol. The number of hydrogen-bond donors (Lipinski definition) is 1. The van der Waals surface area contributed by atoms with Crippen LogP contribution in [-0.2, 0) is 0 Å². The van der Waals surface area contributed by atoms with Crippen LogP contribution in [0.4, 0.5) is 5.69 Å². The van der Waals surface area contributed by atoms with Crippen molar-refractivity contribution in [2.24, 2.45) is 0 Å². The minimum absolute atomic E-state index is 0.683. The van der Waals surface area contributed by atoms with Gasteiger partial charge in [0.25, 0.3) is 0 Å². The zero-order chi connectivity index (χ0) is 9.59. The molecule has 0 fully saturated rings. The highest BCUT2D eigenvalue weighted by Crippen LogP contribution is 2.26. The normalized spacial score (nSPS) is 11.0. The van der Waals surface area contributed by atoms with Gasteiger partial charge < -0.3 is 10.2 Å². The molecular weight excluding hydrogens is 164 g/mol. The van der Waals surface area contributed by atoms with Gasteiger partial charge in [-0.1, -0.05) is 0 Å². The zero-order valence-corrected chi connectivity index (χ0v) is 8.01. The van der Waals surface area contributed by atoms with Gasteiger partial charge in [-0.15, -0.1) is 0 Å². The molecule has 2 rings (SSSR count). The van der Waals surface area contributed by atoms with E-state index in [1.54, 1.807) is 0 Å². The lowest BCUT2D eigenvalue weighted by atomic mass is 10.1. The average molecular weight is 176 g/mol. The van der Waals surface area contributed by atoms with Crippen LogP contribution in [0.3, 0.4) is 0 Å². The van der Waals surface area contributed by atoms with Gasteiger partial charge in [-0.2, -0.15) is 0 Å². The number of rotatable bonds is 0. The van der Waals surface area contributed by atoms with Crippen molar-refractivity contribution in [2.45, 2.75) is 20.8 Å². The van der Waals surface area contributed by atoms with E-state index in [4.69, 9.17) is 10.2 Å². The molecular formula is C10H12N2O. The second-order valence-corrected chi connectivity index (χ2v) is 3.30. The molecule has 68 valence electrons. The first-order valence-corrected chi connectivity index (χ1v) is 4.22. The summed E-state index contributed by atoms with van der Waals surface area (Å²) >= 11 is 0. The fourth-order valence-electron chi connectivity index (χ4n) is 1.45. The van der Waals surface area contributed by atoms with E-state index in [1.807, 2.05) is 26.8 Å². The molecule has 0 bridgehead atoms. The number of fused-ring (bicyclic) bond motifs is 1. The summed E-state index contributed by atoms with van der Waals surface area (Å²) in [4.78, 5) is 4.23. The molecule has 0 radical (unpaired) electrons. The van der Waals surface area contributed by atoms with Crippen LogP contribution in [0.2, 0.25) is 0 Å². The van der Waals surface area contributed by atoms with Crippen LogP contribution in [0, 0.1) is 20.8 Å². The van der Waals surface area contributed by atoms with Crippen molar-refractivity contribution in [3.05, 3.63) is 23.1 Å². The number of aromatic nitrogens is 1. The maximum Gasteiger partial charge on any atom is 0.192 e. The highest BCUT2D eigenvalue weighted by atomic mass is 16.3. The van der Waals surface area contributed by atoms with Crippen molar-refractivity contribution >= 4 is 16.8 Å². The Bertz CT molecular complexity index is 471. The summed E-state index contributed by atoms with van der Waals surface area (Å²) in [6.45, 7) is 5.82. The van der Waals surface area contributed by atoms with Gasteiger partial charge >= 0.3 is 0 Å². The summed E-state index contributed by atoms with van der Waals surface area (Å²) in [7, 11) is 0. The fourth-order valence-corrected chi connectivity index (χ4v) is 1.45. The van der Waals surface area contributed by atoms with Gasteiger partial charge in [0.2, 0.25) is 0 Å². The lowest BCUT2D eigenvalue weighted by molar-refractivity contribution is 0.559. The van der Waals surface area contributed by atoms with Crippen LogP contribution < -0.4 is 5.73 Å². The maximum atomic E-state index is 5.81. The number of aryl methyl sites for hydroxylation is 2. The molecule has 2 aromatic rings. The smallest absolute Gasteiger partial charge is 0.192 e. The molecule has 1 aromatic heterocycles. The van der Waals surface area contributed by atoms with E-state index in [2.05, 4.69) is 4.98 Å². The van der Waals surface area contributed by atoms with Crippen molar-refractivity contribution in [3.8, 4) is 0 Å². The Morgan fingerprint density at radius 2 is 1.92 bits per heavy atom. The fraction of sp³-hybridized carbons (Fsp3) is 0.300. The molecule has 0 aliphatic carbocycles. The van der Waals surface area contributed by atoms with Crippen LogP contribution in [0.15, 0.2) is 10.5 Å². The average Bonchev–Trinajstić information content (AvgIpc) is 2.42. The molecule has 0 unspecified atom stereocenters. The van der Waals surface area contributed by atoms with E-state index in [1.165, 1.54) is 0 Å². The Morgan fingerprint density at radius 1 is 1.23 bits per heavy atom. The van der Waals surface area contributed by atoms with Crippen LogP contribution >= 0.6 is 0 Å². The largest absolute Gasteiger partial charge is 0.441 e. The lowest BCUT2D eigenvalue weighted by Gasteiger charge is -2.02. The Balaban J connectivity index is 2.92. The van der Waals surface area contributed by atoms with Crippen molar-refractivity contribution in [2.75, 3.05) is 5.73 Å². The molecule has 2 N–H and O–H groups in total. The standard InChI is InChI=1S/C10H12N2O/c1-5-6(2)10-9(4-8(5)11)12-7(3)13-10/h4H,11H2,1-3H3. The van der Waals surface area contributed by atoms with Crippen molar-refractivity contribution in [3.63, 3.8) is 0 Å². The summed E-state index contributed by atoms with van der Waals surface area (Å²) in [6.07, 6.45) is 0. The van der Waals surface area contributed by atoms with E-state index < -0.39 is 0 Å². The van der Waals surface area contributed by atoms with E-state index in [0.717, 1.165) is 27.9 Å². The van der Waals surface area contributed by atoms with Gasteiger partial charge in [-0.05, 0) is 31.0 Å². The molecule has 0 amide bonds. The third-order valence-electron chi connectivity index (χ3n) is 2.39. The summed E-state index contributed by atoms with van der Waals surface area (Å²) in [5.74, 6) is 0.683. The summed E-state index contributed by atoms with van der Waals surface area (Å²) < 4.78 is 5.47. The minimum atomic E-state index is 0.683. The number of hydrogen-bond acceptors (Lipinski definition) is 3. The quantitative estimate of drug-likeness (QED) is 0.627. The summed E-state index contributed by atoms with van der Waals surface area (Å²) in [5, 5.41) is 0. The van der Waals surface area contributed by atoms with Crippen molar-refractivity contribution < 1.29 is 4.42 Å². The summed E-state index contributed by atoms with van der Waals surface area (Å²) in [6, 6.07) is 1.86. The third-order valence-corrected chi connectivity index (χ3v) is 2.39. The number of anilines is 1. The third kappa shape index (κ3) is 1.08. The molecule has 0 aliphatic heterocycles. The SMILES string of the molecule is Cc1nc2cc(N)c(C)c(C)c2o1. The highest BCUT2D eigenvalue weighted by molar-refractivity contribution is 5.82. The number of nitrogens with two attached hydrogens (primary N) is 1. The number of benzene rings is 1. The highest BCUT2D eigenvalue weighted by Gasteiger charge is 2.09. The van der Waals surface area contributed by atoms with Gasteiger partial charge in [0.15, 0.2) is 11.5 Å². The predicted octanol–water partition coefficient (Wildman–Crippen LogP) is 2.34. The maximum absolute atomic E-state index is 5.81. The second-order valence-electron chi connectivity index (χ2n) is 3.30. The van der Waals surface area contributed by atoms with Gasteiger partial charge in [0, 0.05) is 12.6 Å². The number of oxazole rings is 1. The van der Waals surface area contributed by atoms with E-state index in [9.17, 15) is 0 Å². The van der Waals surface area contributed by atoms with E-state index >= 15 is 0 Å². The zero-order valence-electron chi connectivity index (χ0n) is 8.01. The molecule has 0 atom stereocenters. The van der Waals surface area contributed by atoms with Crippen molar-refractivity contribution in [1.29, 1.82) is 0 Å². The summed E-state index contributed by atoms with van der Waals surface area (Å²) in [5.41, 5.74) is 10.4. The van der Waals surface area contributed by atoms with E-state index in [-0.39, 0.29) is 0 Å². The molecule has 0 saturated carbocycles. The molecule has 0 spiro atoms. The van der Waals surface area contributed by atoms with Crippen LogP contribution in [-0.4, -0.2) is 4.98 Å². The van der Waals surface area contributed by atoms with Crippen LogP contribution in [0.5, 0.6) is 0 Å². The van der Waals surface area contributed by atoms with Gasteiger partial charge in [-0.3, -0.25) is 0 Å². The number of nitrogen functional groups attached to an aromatic ring is 1. The van der Waals surface area contributed by atoms with Gasteiger partial charge in [-0.25, -0.2) is 4.98 Å². The lowest BCUT2D eigenvalue weighted by Crippen LogP contribution is -1.92.